The third-order valence-electron chi connectivity index (χ3n) is 2.60. The van der Waals surface area contributed by atoms with E-state index in [-0.39, 0.29) is 17.6 Å². The zero-order valence-corrected chi connectivity index (χ0v) is 14.1. The van der Waals surface area contributed by atoms with Crippen molar-refractivity contribution in [1.29, 1.82) is 0 Å². The van der Waals surface area contributed by atoms with Gasteiger partial charge in [-0.1, -0.05) is 41.3 Å². The van der Waals surface area contributed by atoms with Gasteiger partial charge in [0.15, 0.2) is 10.4 Å². The van der Waals surface area contributed by atoms with Gasteiger partial charge in [-0.3, -0.25) is 14.9 Å². The molecule has 0 aliphatic rings. The van der Waals surface area contributed by atoms with Crippen LogP contribution in [0, 0.1) is 0 Å². The molecule has 122 valence electrons. The fourth-order valence-corrected chi connectivity index (χ4v) is 3.05. The zero-order valence-electron chi connectivity index (χ0n) is 12.5. The third-order valence-corrected chi connectivity index (χ3v) is 4.55. The van der Waals surface area contributed by atoms with E-state index in [1.807, 2.05) is 18.2 Å². The number of nitrogens with zero attached hydrogens (tertiary/aromatic N) is 2. The molecule has 7 nitrogen and oxygen atoms in total. The van der Waals surface area contributed by atoms with Gasteiger partial charge in [0.25, 0.3) is 5.91 Å². The van der Waals surface area contributed by atoms with Crippen molar-refractivity contribution in [3.8, 4) is 5.75 Å². The van der Waals surface area contributed by atoms with Crippen LogP contribution in [0.5, 0.6) is 5.75 Å². The van der Waals surface area contributed by atoms with Crippen LogP contribution < -0.4 is 10.1 Å². The number of hydrogen-bond acceptors (Lipinski definition) is 8. The van der Waals surface area contributed by atoms with Gasteiger partial charge in [0, 0.05) is 0 Å². The van der Waals surface area contributed by atoms with Crippen LogP contribution in [-0.2, 0) is 14.3 Å². The number of esters is 1. The van der Waals surface area contributed by atoms with Crippen molar-refractivity contribution in [3.63, 3.8) is 0 Å². The molecule has 1 N–H and O–H groups in total. The van der Waals surface area contributed by atoms with Crippen molar-refractivity contribution in [2.24, 2.45) is 0 Å². The average molecular weight is 353 g/mol. The van der Waals surface area contributed by atoms with E-state index < -0.39 is 6.10 Å². The van der Waals surface area contributed by atoms with Gasteiger partial charge in [-0.25, -0.2) is 0 Å². The number of hydrogen-bond donors (Lipinski definition) is 1. The summed E-state index contributed by atoms with van der Waals surface area (Å²) in [7, 11) is 1.32. The molecule has 1 unspecified atom stereocenters. The molecule has 1 heterocycles. The number of thioether (sulfide) groups is 1. The van der Waals surface area contributed by atoms with Crippen LogP contribution in [0.3, 0.4) is 0 Å². The fraction of sp³-hybridized carbons (Fsp3) is 0.286. The van der Waals surface area contributed by atoms with E-state index in [4.69, 9.17) is 4.74 Å². The molecule has 0 radical (unpaired) electrons. The van der Waals surface area contributed by atoms with Crippen LogP contribution in [-0.4, -0.2) is 41.0 Å². The van der Waals surface area contributed by atoms with Crippen LogP contribution in [0.25, 0.3) is 0 Å². The largest absolute Gasteiger partial charge is 0.481 e. The number of nitrogens with one attached hydrogen (secondary N) is 1. The molecule has 0 fully saturated rings. The van der Waals surface area contributed by atoms with E-state index in [0.29, 0.717) is 15.2 Å². The zero-order chi connectivity index (χ0) is 16.7. The molecule has 2 rings (SSSR count). The van der Waals surface area contributed by atoms with Crippen LogP contribution in [0.15, 0.2) is 34.7 Å². The summed E-state index contributed by atoms with van der Waals surface area (Å²) >= 11 is 2.38. The number of rotatable bonds is 7. The van der Waals surface area contributed by atoms with Crippen molar-refractivity contribution >= 4 is 40.1 Å². The van der Waals surface area contributed by atoms with E-state index >= 15 is 0 Å². The van der Waals surface area contributed by atoms with Gasteiger partial charge in [-0.15, -0.1) is 10.2 Å². The maximum absolute atomic E-state index is 12.1. The molecule has 1 amide bonds. The number of anilines is 1. The molecular weight excluding hydrogens is 338 g/mol. The first kappa shape index (κ1) is 17.2. The van der Waals surface area contributed by atoms with Crippen LogP contribution in [0.2, 0.25) is 0 Å². The second-order valence-corrected chi connectivity index (χ2v) is 6.50. The topological polar surface area (TPSA) is 90.4 Å². The Morgan fingerprint density at radius 2 is 2.04 bits per heavy atom. The number of carbonyl (C=O) groups excluding carboxylic acids is 2. The van der Waals surface area contributed by atoms with Gasteiger partial charge < -0.3 is 9.47 Å². The minimum atomic E-state index is -0.674. The summed E-state index contributed by atoms with van der Waals surface area (Å²) in [4.78, 5) is 23.1. The molecule has 0 spiro atoms. The number of carbonyl (C=O) groups is 2. The number of ether oxygens (including phenoxy) is 2. The maximum atomic E-state index is 12.1. The summed E-state index contributed by atoms with van der Waals surface area (Å²) in [6.45, 7) is 1.65. The van der Waals surface area contributed by atoms with Gasteiger partial charge in [0.1, 0.15) is 5.75 Å². The Morgan fingerprint density at radius 3 is 2.74 bits per heavy atom. The van der Waals surface area contributed by atoms with Gasteiger partial charge in [0.05, 0.1) is 12.9 Å². The molecule has 1 aromatic carbocycles. The molecule has 0 saturated carbocycles. The Morgan fingerprint density at radius 1 is 1.30 bits per heavy atom. The summed E-state index contributed by atoms with van der Waals surface area (Å²) in [6, 6.07) is 9.07. The second-order valence-electron chi connectivity index (χ2n) is 4.30. The summed E-state index contributed by atoms with van der Waals surface area (Å²) in [5, 5.41) is 10.7. The molecule has 0 bridgehead atoms. The predicted octanol–water partition coefficient (Wildman–Crippen LogP) is 2.21. The van der Waals surface area contributed by atoms with Crippen molar-refractivity contribution in [2.45, 2.75) is 17.4 Å². The summed E-state index contributed by atoms with van der Waals surface area (Å²) < 4.78 is 10.6. The molecule has 2 aromatic rings. The second kappa shape index (κ2) is 8.49. The van der Waals surface area contributed by atoms with E-state index in [0.717, 1.165) is 0 Å². The quantitative estimate of drug-likeness (QED) is 0.463. The fourth-order valence-electron chi connectivity index (χ4n) is 1.46. The van der Waals surface area contributed by atoms with Gasteiger partial charge in [-0.2, -0.15) is 0 Å². The molecule has 0 aliphatic carbocycles. The molecule has 9 heteroatoms. The minimum absolute atomic E-state index is 0.145. The Hall–Kier alpha value is -2.13. The Bertz CT molecular complexity index is 663. The van der Waals surface area contributed by atoms with Crippen molar-refractivity contribution in [1.82, 2.24) is 10.2 Å². The number of aromatic nitrogens is 2. The lowest BCUT2D eigenvalue weighted by molar-refractivity contribution is -0.137. The Balaban J connectivity index is 1.85. The minimum Gasteiger partial charge on any atom is -0.481 e. The number of benzene rings is 1. The molecule has 1 atom stereocenters. The first-order valence-electron chi connectivity index (χ1n) is 6.64. The SMILES string of the molecule is COC(=O)CSc1nnc(NC(=O)C(C)Oc2ccccc2)s1. The smallest absolute Gasteiger partial charge is 0.316 e. The predicted molar refractivity (Wildman–Crippen MR) is 87.8 cm³/mol. The molecular formula is C14H15N3O4S2. The van der Waals surface area contributed by atoms with E-state index in [1.165, 1.54) is 30.2 Å². The normalized spacial score (nSPS) is 11.6. The lowest BCUT2D eigenvalue weighted by Gasteiger charge is -2.13. The van der Waals surface area contributed by atoms with Crippen LogP contribution >= 0.6 is 23.1 Å². The highest BCUT2D eigenvalue weighted by Gasteiger charge is 2.17. The highest BCUT2D eigenvalue weighted by Crippen LogP contribution is 2.25. The monoisotopic (exact) mass is 353 g/mol. The molecule has 1 aromatic heterocycles. The van der Waals surface area contributed by atoms with Crippen LogP contribution in [0.1, 0.15) is 6.92 Å². The lowest BCUT2D eigenvalue weighted by Crippen LogP contribution is -2.30. The summed E-state index contributed by atoms with van der Waals surface area (Å²) in [6.07, 6.45) is -0.674. The number of amides is 1. The van der Waals surface area contributed by atoms with E-state index in [2.05, 4.69) is 20.3 Å². The average Bonchev–Trinajstić information content (AvgIpc) is 3.00. The Labute approximate surface area is 141 Å². The van der Waals surface area contributed by atoms with Crippen LogP contribution in [0.4, 0.5) is 5.13 Å². The lowest BCUT2D eigenvalue weighted by atomic mass is 10.3. The molecule has 23 heavy (non-hydrogen) atoms. The van der Waals surface area contributed by atoms with E-state index in [9.17, 15) is 9.59 Å². The van der Waals surface area contributed by atoms with E-state index in [1.54, 1.807) is 19.1 Å². The van der Waals surface area contributed by atoms with Gasteiger partial charge in [-0.05, 0) is 19.1 Å². The maximum Gasteiger partial charge on any atom is 0.316 e. The number of methoxy groups -OCH3 is 1. The first-order chi connectivity index (χ1) is 11.1. The highest BCUT2D eigenvalue weighted by atomic mass is 32.2. The summed E-state index contributed by atoms with van der Waals surface area (Å²) in [5.74, 6) is 0.0870. The van der Waals surface area contributed by atoms with Gasteiger partial charge in [0.2, 0.25) is 5.13 Å². The molecule has 0 aliphatic heterocycles. The highest BCUT2D eigenvalue weighted by molar-refractivity contribution is 8.01. The summed E-state index contributed by atoms with van der Waals surface area (Å²) in [5.41, 5.74) is 0. The van der Waals surface area contributed by atoms with Gasteiger partial charge >= 0.3 is 5.97 Å². The first-order valence-corrected chi connectivity index (χ1v) is 8.44. The standard InChI is InChI=1S/C14H15N3O4S2/c1-9(21-10-6-4-3-5-7-10)12(19)15-13-16-17-14(23-13)22-8-11(18)20-2/h3-7,9H,8H2,1-2H3,(H,15,16,19). The molecule has 0 saturated heterocycles. The third kappa shape index (κ3) is 5.53. The van der Waals surface area contributed by atoms with Crippen molar-refractivity contribution in [2.75, 3.05) is 18.2 Å². The van der Waals surface area contributed by atoms with Crippen molar-refractivity contribution < 1.29 is 19.1 Å². The van der Waals surface area contributed by atoms with Crippen molar-refractivity contribution in [3.05, 3.63) is 30.3 Å². The Kier molecular flexibility index (Phi) is 6.36. The number of para-hydroxylation sites is 1.